The van der Waals surface area contributed by atoms with Crippen LogP contribution in [0.1, 0.15) is 18.5 Å². The van der Waals surface area contributed by atoms with Crippen LogP contribution in [-0.4, -0.2) is 22.5 Å². The minimum atomic E-state index is -0.272. The Labute approximate surface area is 157 Å². The van der Waals surface area contributed by atoms with Gasteiger partial charge >= 0.3 is 0 Å². The molecule has 0 fully saturated rings. The minimum Gasteiger partial charge on any atom is -0.493 e. The van der Waals surface area contributed by atoms with Crippen LogP contribution in [0.4, 0.5) is 5.69 Å². The Morgan fingerprint density at radius 2 is 2.04 bits per heavy atom. The first-order valence-corrected chi connectivity index (χ1v) is 8.55. The maximum atomic E-state index is 12.1. The van der Waals surface area contributed by atoms with E-state index in [2.05, 4.69) is 21.4 Å². The number of nitriles is 1. The Morgan fingerprint density at radius 3 is 2.89 bits per heavy atom. The van der Waals surface area contributed by atoms with E-state index in [1.54, 1.807) is 30.5 Å². The van der Waals surface area contributed by atoms with Gasteiger partial charge in [0.15, 0.2) is 0 Å². The highest BCUT2D eigenvalue weighted by molar-refractivity contribution is 6.01. The van der Waals surface area contributed by atoms with Crippen molar-refractivity contribution in [3.05, 3.63) is 66.5 Å². The molecule has 0 saturated heterocycles. The average molecular weight is 358 g/mol. The van der Waals surface area contributed by atoms with E-state index in [1.165, 1.54) is 6.08 Å². The van der Waals surface area contributed by atoms with Gasteiger partial charge in [0.1, 0.15) is 5.75 Å². The molecule has 6 heteroatoms. The van der Waals surface area contributed by atoms with Crippen LogP contribution < -0.4 is 10.1 Å². The van der Waals surface area contributed by atoms with E-state index in [0.29, 0.717) is 36.6 Å². The monoisotopic (exact) mass is 358 g/mol. The number of benzene rings is 2. The predicted octanol–water partition coefficient (Wildman–Crippen LogP) is 3.96. The molecule has 0 radical (unpaired) electrons. The van der Waals surface area contributed by atoms with Crippen molar-refractivity contribution in [2.24, 2.45) is 0 Å². The zero-order valence-electron chi connectivity index (χ0n) is 14.6. The molecule has 0 aliphatic rings. The number of rotatable bonds is 7. The largest absolute Gasteiger partial charge is 0.493 e. The molecule has 1 aromatic heterocycles. The predicted molar refractivity (Wildman–Crippen MR) is 104 cm³/mol. The van der Waals surface area contributed by atoms with E-state index in [4.69, 9.17) is 10.00 Å². The lowest BCUT2D eigenvalue weighted by Crippen LogP contribution is -2.08. The lowest BCUT2D eigenvalue weighted by molar-refractivity contribution is -0.111. The number of unbranched alkanes of at least 4 members (excludes halogenated alkanes) is 1. The quantitative estimate of drug-likeness (QED) is 0.510. The number of nitrogens with zero attached hydrogens (tertiary/aromatic N) is 3. The van der Waals surface area contributed by atoms with E-state index in [-0.39, 0.29) is 5.91 Å². The molecule has 2 aromatic carbocycles. The third-order valence-corrected chi connectivity index (χ3v) is 3.68. The van der Waals surface area contributed by atoms with Crippen molar-refractivity contribution in [1.82, 2.24) is 9.97 Å². The molecule has 3 rings (SSSR count). The van der Waals surface area contributed by atoms with Gasteiger partial charge in [-0.15, -0.1) is 0 Å². The fourth-order valence-corrected chi connectivity index (χ4v) is 2.40. The molecule has 134 valence electrons. The zero-order chi connectivity index (χ0) is 18.9. The van der Waals surface area contributed by atoms with Crippen molar-refractivity contribution in [2.45, 2.75) is 12.8 Å². The number of ether oxygens (including phenoxy) is 1. The normalized spacial score (nSPS) is 10.6. The number of para-hydroxylation sites is 2. The second-order valence-electron chi connectivity index (χ2n) is 5.74. The summed E-state index contributed by atoms with van der Waals surface area (Å²) in [5.74, 6) is 0.377. The molecule has 1 heterocycles. The van der Waals surface area contributed by atoms with Gasteiger partial charge in [0, 0.05) is 24.3 Å². The molecule has 0 bridgehead atoms. The lowest BCUT2D eigenvalue weighted by atomic mass is 10.2. The highest BCUT2D eigenvalue weighted by atomic mass is 16.5. The number of amides is 1. The lowest BCUT2D eigenvalue weighted by Gasteiger charge is -2.07. The topological polar surface area (TPSA) is 87.9 Å². The standard InChI is InChI=1S/C21H18N4O2/c22-12-3-4-13-27-18-7-5-6-16(14-18)25-21(26)11-10-17-15-23-19-8-1-2-9-20(19)24-17/h1-2,5-11,14-15H,3-4,13H2,(H,25,26)/b11-10+. The second-order valence-corrected chi connectivity index (χ2v) is 5.74. The Bertz CT molecular complexity index is 1010. The number of hydrogen-bond acceptors (Lipinski definition) is 5. The van der Waals surface area contributed by atoms with Crippen molar-refractivity contribution in [2.75, 3.05) is 11.9 Å². The van der Waals surface area contributed by atoms with Gasteiger partial charge in [0.25, 0.3) is 0 Å². The van der Waals surface area contributed by atoms with Gasteiger partial charge in [-0.05, 0) is 36.8 Å². The average Bonchev–Trinajstić information content (AvgIpc) is 2.70. The Kier molecular flexibility index (Phi) is 6.10. The molecule has 0 aliphatic carbocycles. The number of anilines is 1. The summed E-state index contributed by atoms with van der Waals surface area (Å²) < 4.78 is 5.56. The van der Waals surface area contributed by atoms with Crippen LogP contribution in [0.2, 0.25) is 0 Å². The van der Waals surface area contributed by atoms with E-state index in [1.807, 2.05) is 30.3 Å². The van der Waals surface area contributed by atoms with Crippen LogP contribution in [-0.2, 0) is 4.79 Å². The number of fused-ring (bicyclic) bond motifs is 1. The third-order valence-electron chi connectivity index (χ3n) is 3.68. The number of hydrogen-bond donors (Lipinski definition) is 1. The number of aromatic nitrogens is 2. The van der Waals surface area contributed by atoms with Crippen molar-refractivity contribution in [3.63, 3.8) is 0 Å². The third kappa shape index (κ3) is 5.38. The van der Waals surface area contributed by atoms with Crippen LogP contribution in [0.5, 0.6) is 5.75 Å². The van der Waals surface area contributed by atoms with Crippen LogP contribution >= 0.6 is 0 Å². The summed E-state index contributed by atoms with van der Waals surface area (Å²) >= 11 is 0. The van der Waals surface area contributed by atoms with Gasteiger partial charge in [0.05, 0.1) is 35.6 Å². The van der Waals surface area contributed by atoms with Gasteiger partial charge < -0.3 is 10.1 Å². The molecule has 1 amide bonds. The molecule has 1 N–H and O–H groups in total. The first kappa shape index (κ1) is 18.1. The highest BCUT2D eigenvalue weighted by Gasteiger charge is 2.02. The Balaban J connectivity index is 1.59. The van der Waals surface area contributed by atoms with E-state index >= 15 is 0 Å². The van der Waals surface area contributed by atoms with Gasteiger partial charge in [-0.1, -0.05) is 18.2 Å². The maximum absolute atomic E-state index is 12.1. The van der Waals surface area contributed by atoms with Gasteiger partial charge in [0.2, 0.25) is 5.91 Å². The van der Waals surface area contributed by atoms with Crippen molar-refractivity contribution in [3.8, 4) is 11.8 Å². The first-order chi connectivity index (χ1) is 13.2. The molecule has 6 nitrogen and oxygen atoms in total. The van der Waals surface area contributed by atoms with Crippen LogP contribution in [0.25, 0.3) is 17.1 Å². The highest BCUT2D eigenvalue weighted by Crippen LogP contribution is 2.18. The molecule has 0 atom stereocenters. The van der Waals surface area contributed by atoms with Gasteiger partial charge in [-0.3, -0.25) is 9.78 Å². The molecule has 0 aliphatic heterocycles. The van der Waals surface area contributed by atoms with E-state index in [0.717, 1.165) is 11.0 Å². The van der Waals surface area contributed by atoms with Gasteiger partial charge in [-0.2, -0.15) is 5.26 Å². The summed E-state index contributed by atoms with van der Waals surface area (Å²) in [6, 6.07) is 16.8. The zero-order valence-corrected chi connectivity index (χ0v) is 14.6. The number of carbonyl (C=O) groups is 1. The molecule has 27 heavy (non-hydrogen) atoms. The Morgan fingerprint density at radius 1 is 1.19 bits per heavy atom. The number of nitrogens with one attached hydrogen (secondary N) is 1. The smallest absolute Gasteiger partial charge is 0.248 e. The van der Waals surface area contributed by atoms with Crippen LogP contribution in [0, 0.1) is 11.3 Å². The second kappa shape index (κ2) is 9.11. The molecular weight excluding hydrogens is 340 g/mol. The van der Waals surface area contributed by atoms with Crippen LogP contribution in [0.15, 0.2) is 60.8 Å². The molecular formula is C21H18N4O2. The van der Waals surface area contributed by atoms with Crippen LogP contribution in [0.3, 0.4) is 0 Å². The SMILES string of the molecule is N#CCCCOc1cccc(NC(=O)/C=C/c2cnc3ccccc3n2)c1. The minimum absolute atomic E-state index is 0.272. The number of carbonyl (C=O) groups excluding carboxylic acids is 1. The summed E-state index contributed by atoms with van der Waals surface area (Å²) in [6.07, 6.45) is 5.79. The maximum Gasteiger partial charge on any atom is 0.248 e. The molecule has 0 saturated carbocycles. The fraction of sp³-hybridized carbons (Fsp3) is 0.143. The summed E-state index contributed by atoms with van der Waals surface area (Å²) in [6.45, 7) is 0.464. The molecule has 0 spiro atoms. The Hall–Kier alpha value is -3.72. The van der Waals surface area contributed by atoms with Gasteiger partial charge in [-0.25, -0.2) is 4.98 Å². The summed E-state index contributed by atoms with van der Waals surface area (Å²) in [7, 11) is 0. The van der Waals surface area contributed by atoms with Crippen molar-refractivity contribution >= 4 is 28.7 Å². The summed E-state index contributed by atoms with van der Waals surface area (Å²) in [5.41, 5.74) is 2.83. The van der Waals surface area contributed by atoms with Crippen molar-refractivity contribution < 1.29 is 9.53 Å². The first-order valence-electron chi connectivity index (χ1n) is 8.55. The summed E-state index contributed by atoms with van der Waals surface area (Å²) in [5, 5.41) is 11.3. The summed E-state index contributed by atoms with van der Waals surface area (Å²) in [4.78, 5) is 20.9. The fourth-order valence-electron chi connectivity index (χ4n) is 2.40. The molecule has 0 unspecified atom stereocenters. The van der Waals surface area contributed by atoms with E-state index < -0.39 is 0 Å². The molecule has 3 aromatic rings. The van der Waals surface area contributed by atoms with Crippen molar-refractivity contribution in [1.29, 1.82) is 5.26 Å². The van der Waals surface area contributed by atoms with E-state index in [9.17, 15) is 4.79 Å².